The molecule has 0 unspecified atom stereocenters. The molecule has 1 aliphatic rings. The van der Waals surface area contributed by atoms with Gasteiger partial charge in [0.1, 0.15) is 5.75 Å². The summed E-state index contributed by atoms with van der Waals surface area (Å²) in [5.74, 6) is 0.496. The Balaban J connectivity index is 1.41. The summed E-state index contributed by atoms with van der Waals surface area (Å²) in [7, 11) is 1.62. The molecule has 3 rings (SSSR count). The van der Waals surface area contributed by atoms with Crippen molar-refractivity contribution in [3.05, 3.63) is 59.2 Å². The molecule has 6 nitrogen and oxygen atoms in total. The second-order valence-corrected chi connectivity index (χ2v) is 6.47. The standard InChI is InChI=1S/C21H22N2O4/c1-27-17-5-2-14(3-6-17)10-11-22-20(25)9-8-19(24)15-4-7-18-16(12-15)13-21(26)23-18/h2-7,12H,8-11,13H2,1H3,(H,22,25)(H,23,26). The first-order valence-corrected chi connectivity index (χ1v) is 8.91. The highest BCUT2D eigenvalue weighted by molar-refractivity contribution is 6.02. The van der Waals surface area contributed by atoms with Crippen LogP contribution in [0.5, 0.6) is 5.75 Å². The summed E-state index contributed by atoms with van der Waals surface area (Å²) in [4.78, 5) is 35.6. The Morgan fingerprint density at radius 3 is 2.63 bits per heavy atom. The van der Waals surface area contributed by atoms with Gasteiger partial charge in [0.25, 0.3) is 0 Å². The molecule has 140 valence electrons. The molecule has 0 radical (unpaired) electrons. The maximum atomic E-state index is 12.3. The number of fused-ring (bicyclic) bond motifs is 1. The Kier molecular flexibility index (Phi) is 5.86. The number of hydrogen-bond donors (Lipinski definition) is 2. The molecular weight excluding hydrogens is 344 g/mol. The fourth-order valence-electron chi connectivity index (χ4n) is 3.00. The van der Waals surface area contributed by atoms with Gasteiger partial charge in [0, 0.05) is 30.6 Å². The topological polar surface area (TPSA) is 84.5 Å². The number of amides is 2. The first kappa shape index (κ1) is 18.6. The van der Waals surface area contributed by atoms with Gasteiger partial charge in [-0.05, 0) is 47.9 Å². The van der Waals surface area contributed by atoms with E-state index >= 15 is 0 Å². The largest absolute Gasteiger partial charge is 0.497 e. The Bertz CT molecular complexity index is 859. The number of anilines is 1. The summed E-state index contributed by atoms with van der Waals surface area (Å²) >= 11 is 0. The second-order valence-electron chi connectivity index (χ2n) is 6.47. The van der Waals surface area contributed by atoms with Gasteiger partial charge in [0.05, 0.1) is 13.5 Å². The van der Waals surface area contributed by atoms with Crippen molar-refractivity contribution in [3.8, 4) is 5.75 Å². The van der Waals surface area contributed by atoms with E-state index in [0.29, 0.717) is 18.5 Å². The smallest absolute Gasteiger partial charge is 0.228 e. The predicted molar refractivity (Wildman–Crippen MR) is 102 cm³/mol. The average Bonchev–Trinajstić information content (AvgIpc) is 3.05. The summed E-state index contributed by atoms with van der Waals surface area (Å²) in [6.45, 7) is 0.520. The monoisotopic (exact) mass is 366 g/mol. The maximum absolute atomic E-state index is 12.3. The molecule has 2 aromatic rings. The first-order valence-electron chi connectivity index (χ1n) is 8.91. The van der Waals surface area contributed by atoms with Crippen molar-refractivity contribution in [2.75, 3.05) is 19.0 Å². The number of benzene rings is 2. The molecule has 0 fully saturated rings. The van der Waals surface area contributed by atoms with Gasteiger partial charge in [-0.1, -0.05) is 12.1 Å². The number of carbonyl (C=O) groups excluding carboxylic acids is 3. The minimum atomic E-state index is -0.144. The zero-order valence-corrected chi connectivity index (χ0v) is 15.2. The van der Waals surface area contributed by atoms with Gasteiger partial charge in [0.15, 0.2) is 5.78 Å². The third-order valence-electron chi connectivity index (χ3n) is 4.53. The van der Waals surface area contributed by atoms with Gasteiger partial charge in [-0.25, -0.2) is 0 Å². The van der Waals surface area contributed by atoms with Crippen LogP contribution in [0.15, 0.2) is 42.5 Å². The molecule has 0 saturated heterocycles. The van der Waals surface area contributed by atoms with Crippen molar-refractivity contribution in [1.82, 2.24) is 5.32 Å². The van der Waals surface area contributed by atoms with E-state index in [1.54, 1.807) is 25.3 Å². The minimum Gasteiger partial charge on any atom is -0.497 e. The van der Waals surface area contributed by atoms with Gasteiger partial charge < -0.3 is 15.4 Å². The quantitative estimate of drug-likeness (QED) is 0.703. The number of ether oxygens (including phenoxy) is 1. The van der Waals surface area contributed by atoms with Crippen LogP contribution >= 0.6 is 0 Å². The molecular formula is C21H22N2O4. The SMILES string of the molecule is COc1ccc(CCNC(=O)CCC(=O)c2ccc3c(c2)CC(=O)N3)cc1. The van der Waals surface area contributed by atoms with E-state index in [9.17, 15) is 14.4 Å². The molecule has 0 aromatic heterocycles. The normalized spacial score (nSPS) is 12.3. The van der Waals surface area contributed by atoms with Crippen LogP contribution in [0.25, 0.3) is 0 Å². The summed E-state index contributed by atoms with van der Waals surface area (Å²) in [5, 5.41) is 5.57. The molecule has 0 saturated carbocycles. The molecule has 0 bridgehead atoms. The number of rotatable bonds is 8. The van der Waals surface area contributed by atoms with Crippen LogP contribution in [0.4, 0.5) is 5.69 Å². The van der Waals surface area contributed by atoms with Gasteiger partial charge in [-0.2, -0.15) is 0 Å². The number of Topliss-reactive ketones (excluding diaryl/α,β-unsaturated/α-hetero) is 1. The highest BCUT2D eigenvalue weighted by Crippen LogP contribution is 2.24. The van der Waals surface area contributed by atoms with Crippen molar-refractivity contribution in [3.63, 3.8) is 0 Å². The van der Waals surface area contributed by atoms with E-state index < -0.39 is 0 Å². The number of hydrogen-bond acceptors (Lipinski definition) is 4. The fraction of sp³-hybridized carbons (Fsp3) is 0.286. The fourth-order valence-corrected chi connectivity index (χ4v) is 3.00. The van der Waals surface area contributed by atoms with Crippen LogP contribution in [0.3, 0.4) is 0 Å². The Morgan fingerprint density at radius 1 is 1.11 bits per heavy atom. The molecule has 0 spiro atoms. The van der Waals surface area contributed by atoms with E-state index in [1.807, 2.05) is 24.3 Å². The van der Waals surface area contributed by atoms with Crippen LogP contribution in [-0.2, 0) is 22.4 Å². The molecule has 6 heteroatoms. The molecule has 2 N–H and O–H groups in total. The van der Waals surface area contributed by atoms with Crippen LogP contribution in [0.1, 0.15) is 34.3 Å². The van der Waals surface area contributed by atoms with Crippen molar-refractivity contribution in [2.45, 2.75) is 25.7 Å². The number of carbonyl (C=O) groups is 3. The molecule has 1 heterocycles. The lowest BCUT2D eigenvalue weighted by molar-refractivity contribution is -0.121. The first-order chi connectivity index (χ1) is 13.0. The summed E-state index contributed by atoms with van der Waals surface area (Å²) < 4.78 is 5.11. The predicted octanol–water partition coefficient (Wildman–Crippen LogP) is 2.51. The lowest BCUT2D eigenvalue weighted by Crippen LogP contribution is -2.26. The van der Waals surface area contributed by atoms with Crippen LogP contribution < -0.4 is 15.4 Å². The third kappa shape index (κ3) is 4.94. The lowest BCUT2D eigenvalue weighted by Gasteiger charge is -2.07. The Labute approximate surface area is 157 Å². The van der Waals surface area contributed by atoms with Gasteiger partial charge in [-0.3, -0.25) is 14.4 Å². The van der Waals surface area contributed by atoms with Gasteiger partial charge in [-0.15, -0.1) is 0 Å². The van der Waals surface area contributed by atoms with E-state index in [0.717, 1.165) is 29.0 Å². The molecule has 2 aromatic carbocycles. The second kappa shape index (κ2) is 8.49. The molecule has 0 aliphatic carbocycles. The van der Waals surface area contributed by atoms with Crippen LogP contribution in [0.2, 0.25) is 0 Å². The van der Waals surface area contributed by atoms with Crippen molar-refractivity contribution >= 4 is 23.3 Å². The number of ketones is 1. The van der Waals surface area contributed by atoms with E-state index in [1.165, 1.54) is 0 Å². The maximum Gasteiger partial charge on any atom is 0.228 e. The number of methoxy groups -OCH3 is 1. The van der Waals surface area contributed by atoms with Gasteiger partial charge in [0.2, 0.25) is 11.8 Å². The van der Waals surface area contributed by atoms with Crippen molar-refractivity contribution in [1.29, 1.82) is 0 Å². The Morgan fingerprint density at radius 2 is 1.89 bits per heavy atom. The molecule has 1 aliphatic heterocycles. The van der Waals surface area contributed by atoms with Crippen LogP contribution in [-0.4, -0.2) is 31.3 Å². The lowest BCUT2D eigenvalue weighted by atomic mass is 10.0. The number of nitrogens with one attached hydrogen (secondary N) is 2. The van der Waals surface area contributed by atoms with Crippen molar-refractivity contribution in [2.24, 2.45) is 0 Å². The molecule has 27 heavy (non-hydrogen) atoms. The average molecular weight is 366 g/mol. The van der Waals surface area contributed by atoms with E-state index in [2.05, 4.69) is 10.6 Å². The molecule has 0 atom stereocenters. The summed E-state index contributed by atoms with van der Waals surface area (Å²) in [5.41, 5.74) is 3.23. The summed E-state index contributed by atoms with van der Waals surface area (Å²) in [6.07, 6.45) is 1.31. The third-order valence-corrected chi connectivity index (χ3v) is 4.53. The molecule has 2 amide bonds. The van der Waals surface area contributed by atoms with E-state index in [4.69, 9.17) is 4.74 Å². The highest BCUT2D eigenvalue weighted by atomic mass is 16.5. The summed E-state index contributed by atoms with van der Waals surface area (Å²) in [6, 6.07) is 12.9. The minimum absolute atomic E-state index is 0.0640. The van der Waals surface area contributed by atoms with Crippen LogP contribution in [0, 0.1) is 0 Å². The van der Waals surface area contributed by atoms with Crippen molar-refractivity contribution < 1.29 is 19.1 Å². The zero-order valence-electron chi connectivity index (χ0n) is 15.2. The highest BCUT2D eigenvalue weighted by Gasteiger charge is 2.19. The van der Waals surface area contributed by atoms with E-state index in [-0.39, 0.29) is 30.4 Å². The Hall–Kier alpha value is -3.15. The zero-order chi connectivity index (χ0) is 19.2. The van der Waals surface area contributed by atoms with Gasteiger partial charge >= 0.3 is 0 Å².